The van der Waals surface area contributed by atoms with Crippen molar-refractivity contribution in [3.05, 3.63) is 18.3 Å². The first kappa shape index (κ1) is 15.5. The van der Waals surface area contributed by atoms with Crippen LogP contribution in [0.1, 0.15) is 47.0 Å². The molecule has 0 aliphatic rings. The minimum absolute atomic E-state index is 0.0244. The van der Waals surface area contributed by atoms with Gasteiger partial charge in [-0.3, -0.25) is 4.79 Å². The molecule has 0 atom stereocenters. The van der Waals surface area contributed by atoms with Gasteiger partial charge in [-0.15, -0.1) is 0 Å². The zero-order valence-corrected chi connectivity index (χ0v) is 12.4. The Morgan fingerprint density at radius 2 is 2.00 bits per heavy atom. The summed E-state index contributed by atoms with van der Waals surface area (Å²) in [5, 5.41) is 6.12. The summed E-state index contributed by atoms with van der Waals surface area (Å²) in [5.41, 5.74) is 0.587. The van der Waals surface area contributed by atoms with Crippen LogP contribution >= 0.6 is 0 Å². The number of carbonyl (C=O) groups is 1. The molecule has 0 fully saturated rings. The predicted molar refractivity (Wildman–Crippen MR) is 80.3 cm³/mol. The van der Waals surface area contributed by atoms with Crippen LogP contribution < -0.4 is 10.6 Å². The quantitative estimate of drug-likeness (QED) is 0.770. The Bertz CT molecular complexity index is 393. The number of carbonyl (C=O) groups excluding carboxylic acids is 1. The molecule has 4 heteroatoms. The molecule has 1 heterocycles. The summed E-state index contributed by atoms with van der Waals surface area (Å²) >= 11 is 0. The van der Waals surface area contributed by atoms with E-state index in [0.717, 1.165) is 12.2 Å². The van der Waals surface area contributed by atoms with Crippen molar-refractivity contribution < 1.29 is 4.79 Å². The Balaban J connectivity index is 2.45. The zero-order valence-electron chi connectivity index (χ0n) is 12.4. The third-order valence-electron chi connectivity index (χ3n) is 2.80. The second-order valence-electron chi connectivity index (χ2n) is 5.77. The van der Waals surface area contributed by atoms with Gasteiger partial charge in [0.1, 0.15) is 5.82 Å². The third kappa shape index (κ3) is 5.73. The van der Waals surface area contributed by atoms with Gasteiger partial charge in [-0.05, 0) is 18.6 Å². The number of hydrogen-bond donors (Lipinski definition) is 2. The number of anilines is 2. The van der Waals surface area contributed by atoms with E-state index in [4.69, 9.17) is 0 Å². The highest BCUT2D eigenvalue weighted by Gasteiger charge is 2.21. The summed E-state index contributed by atoms with van der Waals surface area (Å²) in [6.45, 7) is 8.79. The largest absolute Gasteiger partial charge is 0.384 e. The number of aromatic nitrogens is 1. The van der Waals surface area contributed by atoms with Crippen molar-refractivity contribution in [1.82, 2.24) is 4.98 Å². The topological polar surface area (TPSA) is 54.0 Å². The number of nitrogens with one attached hydrogen (secondary N) is 2. The molecule has 0 saturated carbocycles. The molecule has 0 radical (unpaired) electrons. The average Bonchev–Trinajstić information content (AvgIpc) is 2.35. The van der Waals surface area contributed by atoms with E-state index in [1.54, 1.807) is 6.20 Å². The van der Waals surface area contributed by atoms with Gasteiger partial charge in [0.15, 0.2) is 0 Å². The monoisotopic (exact) mass is 263 g/mol. The summed E-state index contributed by atoms with van der Waals surface area (Å²) in [5.74, 6) is 0.572. The molecule has 1 rings (SSSR count). The molecule has 1 amide bonds. The standard InChI is InChI=1S/C15H25N3O/c1-5-6-7-10-16-12-8-9-13(17-11-12)18-14(19)15(2,3)4/h8-9,11,16H,5-7,10H2,1-4H3,(H,17,18,19). The fourth-order valence-corrected chi connectivity index (χ4v) is 1.48. The zero-order chi connectivity index (χ0) is 14.3. The van der Waals surface area contributed by atoms with E-state index in [-0.39, 0.29) is 5.91 Å². The molecule has 0 bridgehead atoms. The minimum atomic E-state index is -0.404. The van der Waals surface area contributed by atoms with Crippen molar-refractivity contribution in [3.8, 4) is 0 Å². The molecule has 2 N–H and O–H groups in total. The van der Waals surface area contributed by atoms with E-state index < -0.39 is 5.41 Å². The molecule has 0 aliphatic heterocycles. The van der Waals surface area contributed by atoms with Gasteiger partial charge in [0.25, 0.3) is 0 Å². The lowest BCUT2D eigenvalue weighted by Crippen LogP contribution is -2.27. The fourth-order valence-electron chi connectivity index (χ4n) is 1.48. The normalized spacial score (nSPS) is 11.2. The number of amides is 1. The first-order valence-electron chi connectivity index (χ1n) is 6.95. The Labute approximate surface area is 116 Å². The highest BCUT2D eigenvalue weighted by atomic mass is 16.2. The van der Waals surface area contributed by atoms with Gasteiger partial charge in [0.2, 0.25) is 5.91 Å². The molecule has 0 spiro atoms. The second-order valence-corrected chi connectivity index (χ2v) is 5.77. The Morgan fingerprint density at radius 1 is 1.26 bits per heavy atom. The summed E-state index contributed by atoms with van der Waals surface area (Å²) in [7, 11) is 0. The summed E-state index contributed by atoms with van der Waals surface area (Å²) in [6, 6.07) is 3.77. The smallest absolute Gasteiger partial charge is 0.230 e. The average molecular weight is 263 g/mol. The van der Waals surface area contributed by atoms with Gasteiger partial charge in [0.05, 0.1) is 11.9 Å². The van der Waals surface area contributed by atoms with Crippen LogP contribution in [0.15, 0.2) is 18.3 Å². The second kappa shape index (κ2) is 7.12. The molecule has 0 saturated heterocycles. The molecule has 0 unspecified atom stereocenters. The number of nitrogens with zero attached hydrogens (tertiary/aromatic N) is 1. The Kier molecular flexibility index (Phi) is 5.80. The number of rotatable bonds is 6. The lowest BCUT2D eigenvalue weighted by Gasteiger charge is -2.17. The molecule has 1 aromatic heterocycles. The highest BCUT2D eigenvalue weighted by Crippen LogP contribution is 2.17. The van der Waals surface area contributed by atoms with Gasteiger partial charge in [-0.1, -0.05) is 40.5 Å². The van der Waals surface area contributed by atoms with Crippen molar-refractivity contribution in [2.24, 2.45) is 5.41 Å². The Morgan fingerprint density at radius 3 is 2.53 bits per heavy atom. The SMILES string of the molecule is CCCCCNc1ccc(NC(=O)C(C)(C)C)nc1. The molecule has 1 aromatic rings. The molecular weight excluding hydrogens is 238 g/mol. The summed E-state index contributed by atoms with van der Waals surface area (Å²) in [6.07, 6.45) is 5.38. The summed E-state index contributed by atoms with van der Waals surface area (Å²) < 4.78 is 0. The van der Waals surface area contributed by atoms with Crippen LogP contribution in [0.2, 0.25) is 0 Å². The van der Waals surface area contributed by atoms with Crippen LogP contribution in [-0.2, 0) is 4.79 Å². The molecule has 4 nitrogen and oxygen atoms in total. The van der Waals surface area contributed by atoms with Gasteiger partial charge in [-0.25, -0.2) is 4.98 Å². The maximum Gasteiger partial charge on any atom is 0.230 e. The van der Waals surface area contributed by atoms with E-state index in [1.807, 2.05) is 32.9 Å². The predicted octanol–water partition coefficient (Wildman–Crippen LogP) is 3.67. The fraction of sp³-hybridized carbons (Fsp3) is 0.600. The number of pyridine rings is 1. The first-order valence-corrected chi connectivity index (χ1v) is 6.95. The third-order valence-corrected chi connectivity index (χ3v) is 2.80. The van der Waals surface area contributed by atoms with Crippen LogP contribution in [-0.4, -0.2) is 17.4 Å². The molecule has 106 valence electrons. The number of unbranched alkanes of at least 4 members (excludes halogenated alkanes) is 2. The van der Waals surface area contributed by atoms with Gasteiger partial charge >= 0.3 is 0 Å². The van der Waals surface area contributed by atoms with Crippen LogP contribution in [0, 0.1) is 5.41 Å². The highest BCUT2D eigenvalue weighted by molar-refractivity contribution is 5.93. The molecular formula is C15H25N3O. The summed E-state index contributed by atoms with van der Waals surface area (Å²) in [4.78, 5) is 16.0. The lowest BCUT2D eigenvalue weighted by molar-refractivity contribution is -0.123. The van der Waals surface area contributed by atoms with Crippen molar-refractivity contribution in [2.75, 3.05) is 17.2 Å². The first-order chi connectivity index (χ1) is 8.93. The lowest BCUT2D eigenvalue weighted by atomic mass is 9.96. The minimum Gasteiger partial charge on any atom is -0.384 e. The van der Waals surface area contributed by atoms with E-state index in [9.17, 15) is 4.79 Å². The van der Waals surface area contributed by atoms with Crippen molar-refractivity contribution in [1.29, 1.82) is 0 Å². The van der Waals surface area contributed by atoms with E-state index in [1.165, 1.54) is 19.3 Å². The van der Waals surface area contributed by atoms with Gasteiger partial charge in [-0.2, -0.15) is 0 Å². The maximum absolute atomic E-state index is 11.8. The van der Waals surface area contributed by atoms with Crippen molar-refractivity contribution in [2.45, 2.75) is 47.0 Å². The van der Waals surface area contributed by atoms with Gasteiger partial charge in [0, 0.05) is 12.0 Å². The molecule has 0 aromatic carbocycles. The molecule has 19 heavy (non-hydrogen) atoms. The van der Waals surface area contributed by atoms with Crippen molar-refractivity contribution in [3.63, 3.8) is 0 Å². The van der Waals surface area contributed by atoms with Crippen molar-refractivity contribution >= 4 is 17.4 Å². The van der Waals surface area contributed by atoms with Crippen LogP contribution in [0.25, 0.3) is 0 Å². The van der Waals surface area contributed by atoms with Crippen LogP contribution in [0.3, 0.4) is 0 Å². The van der Waals surface area contributed by atoms with E-state index in [2.05, 4.69) is 22.5 Å². The van der Waals surface area contributed by atoms with Crippen LogP contribution in [0.5, 0.6) is 0 Å². The van der Waals surface area contributed by atoms with Crippen LogP contribution in [0.4, 0.5) is 11.5 Å². The number of hydrogen-bond acceptors (Lipinski definition) is 3. The van der Waals surface area contributed by atoms with E-state index in [0.29, 0.717) is 5.82 Å². The van der Waals surface area contributed by atoms with E-state index >= 15 is 0 Å². The Hall–Kier alpha value is -1.58. The van der Waals surface area contributed by atoms with Gasteiger partial charge < -0.3 is 10.6 Å². The maximum atomic E-state index is 11.8. The molecule has 0 aliphatic carbocycles.